The number of hydrogen-bond acceptors (Lipinski definition) is 2. The molecule has 0 aliphatic heterocycles. The van der Waals surface area contributed by atoms with Gasteiger partial charge in [0.05, 0.1) is 0 Å². The van der Waals surface area contributed by atoms with Crippen LogP contribution in [0.4, 0.5) is 0 Å². The van der Waals surface area contributed by atoms with E-state index in [0.29, 0.717) is 0 Å². The summed E-state index contributed by atoms with van der Waals surface area (Å²) in [4.78, 5) is 10.9. The second-order valence-electron chi connectivity index (χ2n) is 9.16. The van der Waals surface area contributed by atoms with Crippen LogP contribution in [0.5, 0.6) is 0 Å². The highest BCUT2D eigenvalue weighted by Crippen LogP contribution is 2.26. The first-order valence-electron chi connectivity index (χ1n) is 12.7. The van der Waals surface area contributed by atoms with Gasteiger partial charge in [-0.3, -0.25) is 4.79 Å². The fourth-order valence-corrected chi connectivity index (χ4v) is 3.88. The summed E-state index contributed by atoms with van der Waals surface area (Å²) in [5.41, 5.74) is 7.39. The van der Waals surface area contributed by atoms with E-state index in [1.54, 1.807) is 0 Å². The van der Waals surface area contributed by atoms with Gasteiger partial charge in [0.25, 0.3) is 0 Å². The lowest BCUT2D eigenvalue weighted by molar-refractivity contribution is -0.145. The largest absolute Gasteiger partial charge is 0.458 e. The maximum absolute atomic E-state index is 10.9. The van der Waals surface area contributed by atoms with Gasteiger partial charge in [0.1, 0.15) is 6.10 Å². The van der Waals surface area contributed by atoms with E-state index < -0.39 is 0 Å². The maximum atomic E-state index is 10.9. The quantitative estimate of drug-likeness (QED) is 0.193. The molecule has 0 bridgehead atoms. The van der Waals surface area contributed by atoms with Crippen molar-refractivity contribution in [2.24, 2.45) is 0 Å². The number of hydrogen-bond donors (Lipinski definition) is 0. The molecule has 1 atom stereocenters. The molecular formula is C31H46Cl2O2. The number of benzene rings is 1. The highest BCUT2D eigenvalue weighted by Gasteiger charge is 2.13. The molecule has 0 radical (unpaired) electrons. The second kappa shape index (κ2) is 18.5. The fourth-order valence-electron chi connectivity index (χ4n) is 3.60. The Morgan fingerprint density at radius 1 is 1.03 bits per heavy atom. The summed E-state index contributed by atoms with van der Waals surface area (Å²) in [5, 5.41) is 1.63. The van der Waals surface area contributed by atoms with Crippen molar-refractivity contribution in [2.45, 2.75) is 106 Å². The molecule has 2 rings (SSSR count). The van der Waals surface area contributed by atoms with Crippen LogP contribution in [0.2, 0.25) is 0 Å². The number of halogens is 2. The Morgan fingerprint density at radius 3 is 2.23 bits per heavy atom. The van der Waals surface area contributed by atoms with E-state index in [9.17, 15) is 4.79 Å². The van der Waals surface area contributed by atoms with Crippen molar-refractivity contribution in [1.82, 2.24) is 0 Å². The molecule has 0 aromatic heterocycles. The molecule has 1 unspecified atom stereocenters. The summed E-state index contributed by atoms with van der Waals surface area (Å²) in [6.07, 6.45) is 14.0. The Labute approximate surface area is 225 Å². The van der Waals surface area contributed by atoms with Gasteiger partial charge in [-0.15, -0.1) is 6.58 Å². The van der Waals surface area contributed by atoms with E-state index in [2.05, 4.69) is 53.3 Å². The highest BCUT2D eigenvalue weighted by atomic mass is 35.5. The highest BCUT2D eigenvalue weighted by molar-refractivity contribution is 6.33. The van der Waals surface area contributed by atoms with Crippen LogP contribution < -0.4 is 0 Å². The number of allylic oxidation sites excluding steroid dienone is 7. The molecule has 0 fully saturated rings. The molecule has 0 saturated heterocycles. The van der Waals surface area contributed by atoms with Crippen LogP contribution in [0.25, 0.3) is 0 Å². The van der Waals surface area contributed by atoms with Crippen LogP contribution >= 0.6 is 23.2 Å². The number of carbonyl (C=O) groups is 1. The number of aryl methyl sites for hydroxylation is 1. The number of unbranched alkanes of at least 4 members (excludes halogenated alkanes) is 3. The Kier molecular flexibility index (Phi) is 17.6. The Bertz CT molecular complexity index is 907. The summed E-state index contributed by atoms with van der Waals surface area (Å²) in [5.74, 6) is -0.232. The van der Waals surface area contributed by atoms with E-state index in [0.717, 1.165) is 34.0 Å². The number of esters is 1. The zero-order valence-corrected chi connectivity index (χ0v) is 24.7. The lowest BCUT2D eigenvalue weighted by Crippen LogP contribution is -2.07. The third kappa shape index (κ3) is 14.4. The Morgan fingerprint density at radius 2 is 1.69 bits per heavy atom. The molecule has 2 nitrogen and oxygen atoms in total. The topological polar surface area (TPSA) is 26.3 Å². The molecular weight excluding hydrogens is 475 g/mol. The zero-order valence-electron chi connectivity index (χ0n) is 23.2. The molecule has 1 aromatic carbocycles. The first-order chi connectivity index (χ1) is 16.4. The molecule has 0 N–H and O–H groups in total. The minimum Gasteiger partial charge on any atom is -0.458 e. The average molecular weight is 522 g/mol. The van der Waals surface area contributed by atoms with Gasteiger partial charge in [0.15, 0.2) is 0 Å². The Balaban J connectivity index is 0.000000527. The van der Waals surface area contributed by atoms with Crippen molar-refractivity contribution in [1.29, 1.82) is 0 Å². The number of rotatable bonds is 8. The van der Waals surface area contributed by atoms with Crippen molar-refractivity contribution in [3.8, 4) is 0 Å². The third-order valence-corrected chi connectivity index (χ3v) is 6.66. The van der Waals surface area contributed by atoms with E-state index >= 15 is 0 Å². The monoisotopic (exact) mass is 520 g/mol. The normalized spacial score (nSPS) is 13.5. The summed E-state index contributed by atoms with van der Waals surface area (Å²) in [6.45, 7) is 19.9. The molecule has 196 valence electrons. The van der Waals surface area contributed by atoms with Gasteiger partial charge in [0.2, 0.25) is 0 Å². The van der Waals surface area contributed by atoms with Crippen molar-refractivity contribution in [3.63, 3.8) is 0 Å². The zero-order chi connectivity index (χ0) is 27.0. The van der Waals surface area contributed by atoms with E-state index in [1.807, 2.05) is 32.1 Å². The fraction of sp³-hybridized carbons (Fsp3) is 0.516. The first-order valence-corrected chi connectivity index (χ1v) is 13.5. The number of ether oxygens (including phenoxy) is 1. The molecule has 4 heteroatoms. The smallest absolute Gasteiger partial charge is 0.303 e. The van der Waals surface area contributed by atoms with Crippen LogP contribution in [0.1, 0.15) is 108 Å². The first kappa shape index (κ1) is 33.2. The summed E-state index contributed by atoms with van der Waals surface area (Å²) < 4.78 is 5.21. The van der Waals surface area contributed by atoms with Gasteiger partial charge >= 0.3 is 5.97 Å². The maximum Gasteiger partial charge on any atom is 0.303 e. The van der Waals surface area contributed by atoms with Gasteiger partial charge in [0, 0.05) is 23.4 Å². The second-order valence-corrected chi connectivity index (χ2v) is 10.0. The molecule has 35 heavy (non-hydrogen) atoms. The van der Waals surface area contributed by atoms with E-state index in [1.165, 1.54) is 61.3 Å². The Hall–Kier alpha value is -1.77. The molecule has 0 spiro atoms. The van der Waals surface area contributed by atoms with Crippen molar-refractivity contribution < 1.29 is 9.53 Å². The average Bonchev–Trinajstić information content (AvgIpc) is 2.94. The SMILES string of the molecule is C=C(C)CCCCCC.CC1=CC=C(Cl)CC=C1Cl.CCc1ccc(C(C)OC(C)=O)c(C)c1C. The van der Waals surface area contributed by atoms with Gasteiger partial charge in [-0.1, -0.05) is 86.2 Å². The lowest BCUT2D eigenvalue weighted by atomic mass is 9.94. The van der Waals surface area contributed by atoms with Crippen LogP contribution in [-0.2, 0) is 16.0 Å². The standard InChI is InChI=1S/C14H20O2.C9H18.C8H8Cl2/c1-6-13-7-8-14(10(3)9(13)2)11(4)16-12(5)15;1-4-5-6-7-8-9(2)3;1-6-2-3-7(9)4-5-8(6)10/h7-8,11H,6H2,1-5H3;2,4-8H2,1,3H3;2-3,5H,4H2,1H3. The van der Waals surface area contributed by atoms with Gasteiger partial charge < -0.3 is 4.74 Å². The molecule has 1 aliphatic carbocycles. The molecule has 1 aliphatic rings. The molecule has 0 amide bonds. The predicted molar refractivity (Wildman–Crippen MR) is 155 cm³/mol. The van der Waals surface area contributed by atoms with Crippen molar-refractivity contribution in [2.75, 3.05) is 0 Å². The summed E-state index contributed by atoms with van der Waals surface area (Å²) >= 11 is 11.6. The molecule has 0 heterocycles. The van der Waals surface area contributed by atoms with E-state index in [4.69, 9.17) is 27.9 Å². The van der Waals surface area contributed by atoms with Gasteiger partial charge in [-0.25, -0.2) is 0 Å². The van der Waals surface area contributed by atoms with Gasteiger partial charge in [-0.05, 0) is 87.8 Å². The minimum absolute atomic E-state index is 0.165. The van der Waals surface area contributed by atoms with Crippen LogP contribution in [0, 0.1) is 13.8 Å². The van der Waals surface area contributed by atoms with Crippen LogP contribution in [0.15, 0.2) is 58.2 Å². The molecule has 1 aromatic rings. The van der Waals surface area contributed by atoms with E-state index in [-0.39, 0.29) is 12.1 Å². The van der Waals surface area contributed by atoms with Crippen molar-refractivity contribution in [3.05, 3.63) is 80.4 Å². The third-order valence-electron chi connectivity index (χ3n) is 5.93. The number of carbonyl (C=O) groups excluding carboxylic acids is 1. The lowest BCUT2D eigenvalue weighted by Gasteiger charge is -2.18. The minimum atomic E-state index is -0.232. The van der Waals surface area contributed by atoms with Crippen LogP contribution in [-0.4, -0.2) is 5.97 Å². The molecule has 0 saturated carbocycles. The van der Waals surface area contributed by atoms with Crippen molar-refractivity contribution >= 4 is 29.2 Å². The van der Waals surface area contributed by atoms with Crippen LogP contribution in [0.3, 0.4) is 0 Å². The van der Waals surface area contributed by atoms with Gasteiger partial charge in [-0.2, -0.15) is 0 Å². The summed E-state index contributed by atoms with van der Waals surface area (Å²) in [6, 6.07) is 4.19. The predicted octanol–water partition coefficient (Wildman–Crippen LogP) is 10.6. The summed E-state index contributed by atoms with van der Waals surface area (Å²) in [7, 11) is 0.